The summed E-state index contributed by atoms with van der Waals surface area (Å²) in [5.74, 6) is 0.935. The molecule has 3 rings (SSSR count). The maximum absolute atomic E-state index is 12.4. The summed E-state index contributed by atoms with van der Waals surface area (Å²) in [6, 6.07) is 7.97. The number of benzene rings is 1. The second kappa shape index (κ2) is 9.59. The second-order valence-corrected chi connectivity index (χ2v) is 9.74. The Morgan fingerprint density at radius 3 is 2.65 bits per heavy atom. The molecule has 0 bridgehead atoms. The van der Waals surface area contributed by atoms with E-state index in [9.17, 15) is 4.79 Å². The molecule has 0 spiro atoms. The number of rotatable bonds is 7. The molecular formula is C17H22N4O2S3. The van der Waals surface area contributed by atoms with Crippen molar-refractivity contribution in [3.63, 3.8) is 0 Å². The maximum atomic E-state index is 12.4. The SMILES string of the molecule is CCSc1nnc(S[C@@H](C)C(=O)Nc2ccc(N3CCOCC3)cc2)s1. The van der Waals surface area contributed by atoms with Crippen LogP contribution in [-0.2, 0) is 9.53 Å². The molecule has 1 aliphatic heterocycles. The van der Waals surface area contributed by atoms with Crippen molar-refractivity contribution in [1.82, 2.24) is 10.2 Å². The summed E-state index contributed by atoms with van der Waals surface area (Å²) in [7, 11) is 0. The summed E-state index contributed by atoms with van der Waals surface area (Å²) >= 11 is 4.64. The molecule has 9 heteroatoms. The first kappa shape index (κ1) is 19.5. The fraction of sp³-hybridized carbons (Fsp3) is 0.471. The number of anilines is 2. The van der Waals surface area contributed by atoms with Gasteiger partial charge >= 0.3 is 0 Å². The predicted octanol–water partition coefficient (Wildman–Crippen LogP) is 3.61. The van der Waals surface area contributed by atoms with Crippen LogP contribution in [0.4, 0.5) is 11.4 Å². The third-order valence-electron chi connectivity index (χ3n) is 3.81. The number of nitrogens with one attached hydrogen (secondary N) is 1. The monoisotopic (exact) mass is 410 g/mol. The molecule has 26 heavy (non-hydrogen) atoms. The Morgan fingerprint density at radius 1 is 1.27 bits per heavy atom. The van der Waals surface area contributed by atoms with Gasteiger partial charge < -0.3 is 15.0 Å². The van der Waals surface area contributed by atoms with Gasteiger partial charge in [-0.25, -0.2) is 0 Å². The van der Waals surface area contributed by atoms with Gasteiger partial charge in [-0.2, -0.15) is 0 Å². The standard InChI is InChI=1S/C17H22N4O2S3/c1-3-24-16-19-20-17(26-16)25-12(2)15(22)18-13-4-6-14(7-5-13)21-8-10-23-11-9-21/h4-7,12H,3,8-11H2,1-2H3,(H,18,22)/t12-/m0/s1. The normalized spacial score (nSPS) is 15.7. The van der Waals surface area contributed by atoms with Crippen LogP contribution < -0.4 is 10.2 Å². The van der Waals surface area contributed by atoms with Crippen molar-refractivity contribution in [2.45, 2.75) is 27.8 Å². The molecule has 6 nitrogen and oxygen atoms in total. The van der Waals surface area contributed by atoms with Crippen molar-refractivity contribution >= 4 is 52.1 Å². The molecule has 1 amide bonds. The van der Waals surface area contributed by atoms with Crippen LogP contribution in [0.1, 0.15) is 13.8 Å². The van der Waals surface area contributed by atoms with Crippen molar-refractivity contribution < 1.29 is 9.53 Å². The average Bonchev–Trinajstić information content (AvgIpc) is 3.10. The number of carbonyl (C=O) groups excluding carboxylic acids is 1. The molecule has 0 saturated carbocycles. The van der Waals surface area contributed by atoms with Gasteiger partial charge in [0, 0.05) is 24.5 Å². The summed E-state index contributed by atoms with van der Waals surface area (Å²) in [5.41, 5.74) is 1.96. The fourth-order valence-corrected chi connectivity index (χ4v) is 5.51. The Morgan fingerprint density at radius 2 is 1.96 bits per heavy atom. The van der Waals surface area contributed by atoms with Gasteiger partial charge in [-0.15, -0.1) is 10.2 Å². The van der Waals surface area contributed by atoms with Crippen molar-refractivity contribution in [2.24, 2.45) is 0 Å². The Labute approximate surface area is 166 Å². The van der Waals surface area contributed by atoms with E-state index in [0.717, 1.165) is 52.1 Å². The number of aromatic nitrogens is 2. The molecule has 0 unspecified atom stereocenters. The smallest absolute Gasteiger partial charge is 0.237 e. The molecule has 1 aliphatic rings. The summed E-state index contributed by atoms with van der Waals surface area (Å²) in [6.07, 6.45) is 0. The summed E-state index contributed by atoms with van der Waals surface area (Å²) in [5, 5.41) is 11.0. The highest BCUT2D eigenvalue weighted by atomic mass is 32.2. The average molecular weight is 411 g/mol. The fourth-order valence-electron chi connectivity index (χ4n) is 2.45. The molecule has 140 valence electrons. The molecular weight excluding hydrogens is 388 g/mol. The zero-order chi connectivity index (χ0) is 18.4. The van der Waals surface area contributed by atoms with E-state index >= 15 is 0 Å². The molecule has 0 radical (unpaired) electrons. The van der Waals surface area contributed by atoms with E-state index in [1.54, 1.807) is 11.8 Å². The van der Waals surface area contributed by atoms with Crippen molar-refractivity contribution in [2.75, 3.05) is 42.3 Å². The third-order valence-corrected chi connectivity index (χ3v) is 6.94. The number of ether oxygens (including phenoxy) is 1. The third kappa shape index (κ3) is 5.35. The number of amides is 1. The molecule has 1 saturated heterocycles. The van der Waals surface area contributed by atoms with E-state index in [1.165, 1.54) is 23.1 Å². The Kier molecular flexibility index (Phi) is 7.18. The molecule has 1 N–H and O–H groups in total. The number of carbonyl (C=O) groups is 1. The number of hydrogen-bond acceptors (Lipinski definition) is 8. The quantitative estimate of drug-likeness (QED) is 0.700. The van der Waals surface area contributed by atoms with Gasteiger partial charge in [-0.05, 0) is 36.9 Å². The van der Waals surface area contributed by atoms with Crippen LogP contribution in [0.2, 0.25) is 0 Å². The highest BCUT2D eigenvalue weighted by Gasteiger charge is 2.18. The lowest BCUT2D eigenvalue weighted by molar-refractivity contribution is -0.115. The summed E-state index contributed by atoms with van der Waals surface area (Å²) in [4.78, 5) is 14.7. The van der Waals surface area contributed by atoms with Crippen molar-refractivity contribution in [3.05, 3.63) is 24.3 Å². The molecule has 1 fully saturated rings. The zero-order valence-corrected chi connectivity index (χ0v) is 17.3. The molecule has 1 aromatic carbocycles. The number of nitrogens with zero attached hydrogens (tertiary/aromatic N) is 3. The van der Waals surface area contributed by atoms with Crippen LogP contribution in [0.25, 0.3) is 0 Å². The first-order valence-electron chi connectivity index (χ1n) is 8.52. The predicted molar refractivity (Wildman–Crippen MR) is 110 cm³/mol. The van der Waals surface area contributed by atoms with Gasteiger partial charge in [0.1, 0.15) is 0 Å². The Balaban J connectivity index is 1.52. The van der Waals surface area contributed by atoms with Crippen LogP contribution in [0.15, 0.2) is 32.9 Å². The molecule has 2 heterocycles. The van der Waals surface area contributed by atoms with Crippen LogP contribution in [0.3, 0.4) is 0 Å². The number of thioether (sulfide) groups is 2. The van der Waals surface area contributed by atoms with Crippen molar-refractivity contribution in [3.8, 4) is 0 Å². The topological polar surface area (TPSA) is 67.4 Å². The molecule has 1 atom stereocenters. The summed E-state index contributed by atoms with van der Waals surface area (Å²) in [6.45, 7) is 7.29. The lowest BCUT2D eigenvalue weighted by Gasteiger charge is -2.28. The highest BCUT2D eigenvalue weighted by Crippen LogP contribution is 2.31. The minimum Gasteiger partial charge on any atom is -0.378 e. The molecule has 2 aromatic rings. The van der Waals surface area contributed by atoms with E-state index in [0.29, 0.717) is 0 Å². The maximum Gasteiger partial charge on any atom is 0.237 e. The van der Waals surface area contributed by atoms with Gasteiger partial charge in [0.05, 0.1) is 18.5 Å². The van der Waals surface area contributed by atoms with Gasteiger partial charge in [0.2, 0.25) is 5.91 Å². The van der Waals surface area contributed by atoms with Crippen LogP contribution >= 0.6 is 34.9 Å². The Bertz CT molecular complexity index is 717. The Hall–Kier alpha value is -1.29. The van der Waals surface area contributed by atoms with Gasteiger partial charge in [-0.3, -0.25) is 4.79 Å². The lowest BCUT2D eigenvalue weighted by atomic mass is 10.2. The first-order chi connectivity index (χ1) is 12.7. The molecule has 0 aliphatic carbocycles. The second-order valence-electron chi connectivity index (χ2n) is 5.66. The van der Waals surface area contributed by atoms with E-state index in [2.05, 4.69) is 27.3 Å². The largest absolute Gasteiger partial charge is 0.378 e. The minimum absolute atomic E-state index is 0.0333. The number of morpholine rings is 1. The van der Waals surface area contributed by atoms with Gasteiger partial charge in [0.15, 0.2) is 8.68 Å². The zero-order valence-electron chi connectivity index (χ0n) is 14.8. The van der Waals surface area contributed by atoms with Gasteiger partial charge in [-0.1, -0.05) is 41.8 Å². The van der Waals surface area contributed by atoms with E-state index < -0.39 is 0 Å². The first-order valence-corrected chi connectivity index (χ1v) is 11.2. The highest BCUT2D eigenvalue weighted by molar-refractivity contribution is 8.03. The van der Waals surface area contributed by atoms with Crippen LogP contribution in [-0.4, -0.2) is 53.4 Å². The van der Waals surface area contributed by atoms with Crippen molar-refractivity contribution in [1.29, 1.82) is 0 Å². The van der Waals surface area contributed by atoms with Crippen LogP contribution in [0.5, 0.6) is 0 Å². The van der Waals surface area contributed by atoms with E-state index in [4.69, 9.17) is 4.74 Å². The van der Waals surface area contributed by atoms with Crippen LogP contribution in [0, 0.1) is 0 Å². The lowest BCUT2D eigenvalue weighted by Crippen LogP contribution is -2.36. The molecule has 1 aromatic heterocycles. The number of hydrogen-bond donors (Lipinski definition) is 1. The summed E-state index contributed by atoms with van der Waals surface area (Å²) < 4.78 is 7.15. The van der Waals surface area contributed by atoms with E-state index in [1.807, 2.05) is 31.2 Å². The van der Waals surface area contributed by atoms with Gasteiger partial charge in [0.25, 0.3) is 0 Å². The van der Waals surface area contributed by atoms with E-state index in [-0.39, 0.29) is 11.2 Å². The minimum atomic E-state index is -0.235.